The van der Waals surface area contributed by atoms with Crippen molar-refractivity contribution in [3.63, 3.8) is 0 Å². The molecule has 0 aliphatic carbocycles. The summed E-state index contributed by atoms with van der Waals surface area (Å²) >= 11 is 0. The number of guanidine groups is 1. The predicted molar refractivity (Wildman–Crippen MR) is 93.6 cm³/mol. The van der Waals surface area contributed by atoms with Crippen molar-refractivity contribution in [1.82, 2.24) is 15.5 Å². The zero-order chi connectivity index (χ0) is 16.4. The Balaban J connectivity index is 2.50. The maximum Gasteiger partial charge on any atom is 0.191 e. The number of rotatable bonds is 8. The fourth-order valence-electron chi connectivity index (χ4n) is 1.85. The minimum atomic E-state index is 0.556. The van der Waals surface area contributed by atoms with Crippen LogP contribution in [0.2, 0.25) is 0 Å². The molecular formula is C17H30N4O. The van der Waals surface area contributed by atoms with Gasteiger partial charge < -0.3 is 20.3 Å². The number of hydrogen-bond donors (Lipinski definition) is 2. The molecule has 0 radical (unpaired) electrons. The van der Waals surface area contributed by atoms with Crippen molar-refractivity contribution in [3.05, 3.63) is 29.8 Å². The third kappa shape index (κ3) is 6.80. The number of methoxy groups -OCH3 is 1. The van der Waals surface area contributed by atoms with Crippen molar-refractivity contribution >= 4 is 5.96 Å². The van der Waals surface area contributed by atoms with Crippen LogP contribution in [0.5, 0.6) is 5.75 Å². The van der Waals surface area contributed by atoms with Gasteiger partial charge in [-0.15, -0.1) is 0 Å². The summed E-state index contributed by atoms with van der Waals surface area (Å²) < 4.78 is 5.16. The fraction of sp³-hybridized carbons (Fsp3) is 0.588. The van der Waals surface area contributed by atoms with Crippen LogP contribution in [0.25, 0.3) is 0 Å². The quantitative estimate of drug-likeness (QED) is 0.570. The Labute approximate surface area is 134 Å². The predicted octanol–water partition coefficient (Wildman–Crippen LogP) is 2.09. The molecule has 5 nitrogen and oxygen atoms in total. The Morgan fingerprint density at radius 3 is 2.45 bits per heavy atom. The molecule has 0 aromatic heterocycles. The van der Waals surface area contributed by atoms with Gasteiger partial charge in [0.15, 0.2) is 5.96 Å². The normalized spacial score (nSPS) is 11.9. The summed E-state index contributed by atoms with van der Waals surface area (Å²) in [6.07, 6.45) is 0. The number of nitrogens with zero attached hydrogens (tertiary/aromatic N) is 2. The summed E-state index contributed by atoms with van der Waals surface area (Å²) in [6.45, 7) is 9.85. The Morgan fingerprint density at radius 2 is 1.91 bits per heavy atom. The lowest BCUT2D eigenvalue weighted by Gasteiger charge is -2.21. The van der Waals surface area contributed by atoms with E-state index in [1.807, 2.05) is 24.3 Å². The Morgan fingerprint density at radius 1 is 1.23 bits per heavy atom. The molecule has 0 heterocycles. The Hall–Kier alpha value is -1.75. The lowest BCUT2D eigenvalue weighted by molar-refractivity contribution is 0.278. The molecule has 0 atom stereocenters. The minimum absolute atomic E-state index is 0.556. The van der Waals surface area contributed by atoms with Gasteiger partial charge in [0.2, 0.25) is 0 Å². The van der Waals surface area contributed by atoms with Gasteiger partial charge in [-0.1, -0.05) is 12.1 Å². The highest BCUT2D eigenvalue weighted by molar-refractivity contribution is 5.79. The van der Waals surface area contributed by atoms with Crippen LogP contribution in [-0.4, -0.2) is 50.7 Å². The molecule has 1 aromatic rings. The number of likely N-dealkylation sites (N-methyl/N-ethyl adjacent to an activating group) is 1. The van der Waals surface area contributed by atoms with Crippen LogP contribution >= 0.6 is 0 Å². The first-order chi connectivity index (χ1) is 10.6. The molecule has 0 aliphatic heterocycles. The molecule has 0 fully saturated rings. The van der Waals surface area contributed by atoms with Crippen molar-refractivity contribution in [2.75, 3.05) is 33.8 Å². The van der Waals surface area contributed by atoms with Crippen molar-refractivity contribution in [3.8, 4) is 5.75 Å². The van der Waals surface area contributed by atoms with E-state index in [1.165, 1.54) is 0 Å². The van der Waals surface area contributed by atoms with Gasteiger partial charge in [0.1, 0.15) is 5.75 Å². The molecule has 0 spiro atoms. The molecule has 0 unspecified atom stereocenters. The summed E-state index contributed by atoms with van der Waals surface area (Å²) in [5.41, 5.74) is 1.16. The summed E-state index contributed by atoms with van der Waals surface area (Å²) in [6, 6.07) is 8.56. The summed E-state index contributed by atoms with van der Waals surface area (Å²) in [5, 5.41) is 6.65. The van der Waals surface area contributed by atoms with Crippen LogP contribution in [-0.2, 0) is 6.54 Å². The lowest BCUT2D eigenvalue weighted by Crippen LogP contribution is -2.42. The van der Waals surface area contributed by atoms with Gasteiger partial charge in [-0.25, -0.2) is 4.99 Å². The minimum Gasteiger partial charge on any atom is -0.497 e. The molecule has 0 saturated heterocycles. The van der Waals surface area contributed by atoms with E-state index in [9.17, 15) is 0 Å². The molecule has 0 bridgehead atoms. The Kier molecular flexibility index (Phi) is 8.36. The fourth-order valence-corrected chi connectivity index (χ4v) is 1.85. The zero-order valence-corrected chi connectivity index (χ0v) is 14.5. The van der Waals surface area contributed by atoms with E-state index in [-0.39, 0.29) is 0 Å². The smallest absolute Gasteiger partial charge is 0.191 e. The Bertz CT molecular complexity index is 442. The average Bonchev–Trinajstić information content (AvgIpc) is 2.52. The van der Waals surface area contributed by atoms with Crippen LogP contribution in [0.1, 0.15) is 26.3 Å². The van der Waals surface area contributed by atoms with Gasteiger partial charge in [0.25, 0.3) is 0 Å². The number of hydrogen-bond acceptors (Lipinski definition) is 3. The van der Waals surface area contributed by atoms with Gasteiger partial charge in [-0.3, -0.25) is 0 Å². The van der Waals surface area contributed by atoms with Crippen LogP contribution < -0.4 is 15.4 Å². The molecule has 0 saturated carbocycles. The maximum atomic E-state index is 5.16. The van der Waals surface area contributed by atoms with Crippen molar-refractivity contribution < 1.29 is 4.74 Å². The highest BCUT2D eigenvalue weighted by Gasteiger charge is 2.03. The van der Waals surface area contributed by atoms with E-state index >= 15 is 0 Å². The number of nitrogens with one attached hydrogen (secondary N) is 2. The van der Waals surface area contributed by atoms with Crippen LogP contribution in [0.15, 0.2) is 29.3 Å². The maximum absolute atomic E-state index is 5.16. The summed E-state index contributed by atoms with van der Waals surface area (Å²) in [7, 11) is 3.81. The topological polar surface area (TPSA) is 48.9 Å². The second-order valence-corrected chi connectivity index (χ2v) is 5.54. The van der Waals surface area contributed by atoms with Gasteiger partial charge in [0.05, 0.1) is 13.7 Å². The molecule has 1 rings (SSSR count). The first-order valence-corrected chi connectivity index (χ1v) is 7.92. The standard InChI is InChI=1S/C17H30N4O/c1-6-18-17(19-11-12-21(4)14(2)3)20-13-15-7-9-16(22-5)10-8-15/h7-10,14H,6,11-13H2,1-5H3,(H2,18,19,20). The van der Waals surface area contributed by atoms with Crippen LogP contribution in [0, 0.1) is 0 Å². The van der Waals surface area contributed by atoms with Crippen molar-refractivity contribution in [1.29, 1.82) is 0 Å². The molecule has 2 N–H and O–H groups in total. The van der Waals surface area contributed by atoms with E-state index in [4.69, 9.17) is 4.74 Å². The van der Waals surface area contributed by atoms with E-state index < -0.39 is 0 Å². The second kappa shape index (κ2) is 10.1. The SMILES string of the molecule is CCNC(=NCc1ccc(OC)cc1)NCCN(C)C(C)C. The van der Waals surface area contributed by atoms with Gasteiger partial charge >= 0.3 is 0 Å². The number of aliphatic imine (C=N–C) groups is 1. The average molecular weight is 306 g/mol. The summed E-state index contributed by atoms with van der Waals surface area (Å²) in [4.78, 5) is 6.92. The van der Waals surface area contributed by atoms with E-state index in [2.05, 4.69) is 48.3 Å². The lowest BCUT2D eigenvalue weighted by atomic mass is 10.2. The van der Waals surface area contributed by atoms with E-state index in [1.54, 1.807) is 7.11 Å². The second-order valence-electron chi connectivity index (χ2n) is 5.54. The first-order valence-electron chi connectivity index (χ1n) is 7.92. The largest absolute Gasteiger partial charge is 0.497 e. The third-order valence-electron chi connectivity index (χ3n) is 3.56. The molecule has 22 heavy (non-hydrogen) atoms. The molecule has 5 heteroatoms. The molecule has 0 aliphatic rings. The van der Waals surface area contributed by atoms with Gasteiger partial charge in [0, 0.05) is 25.7 Å². The molecule has 124 valence electrons. The van der Waals surface area contributed by atoms with Crippen molar-refractivity contribution in [2.45, 2.75) is 33.4 Å². The van der Waals surface area contributed by atoms with Gasteiger partial charge in [-0.05, 0) is 45.5 Å². The number of benzene rings is 1. The van der Waals surface area contributed by atoms with Gasteiger partial charge in [-0.2, -0.15) is 0 Å². The molecule has 0 amide bonds. The van der Waals surface area contributed by atoms with Crippen molar-refractivity contribution in [2.24, 2.45) is 4.99 Å². The van der Waals surface area contributed by atoms with E-state index in [0.717, 1.165) is 36.9 Å². The van der Waals surface area contributed by atoms with Crippen LogP contribution in [0.4, 0.5) is 0 Å². The van der Waals surface area contributed by atoms with Crippen LogP contribution in [0.3, 0.4) is 0 Å². The van der Waals surface area contributed by atoms with E-state index in [0.29, 0.717) is 12.6 Å². The number of ether oxygens (including phenoxy) is 1. The third-order valence-corrected chi connectivity index (χ3v) is 3.56. The highest BCUT2D eigenvalue weighted by Crippen LogP contribution is 2.11. The molecule has 1 aromatic carbocycles. The monoisotopic (exact) mass is 306 g/mol. The highest BCUT2D eigenvalue weighted by atomic mass is 16.5. The first kappa shape index (κ1) is 18.3. The molecular weight excluding hydrogens is 276 g/mol. The summed E-state index contributed by atoms with van der Waals surface area (Å²) in [5.74, 6) is 1.73. The zero-order valence-electron chi connectivity index (χ0n) is 14.5.